The maximum absolute atomic E-state index is 4.56. The van der Waals surface area contributed by atoms with Crippen LogP contribution in [0.25, 0.3) is 0 Å². The van der Waals surface area contributed by atoms with Gasteiger partial charge in [-0.25, -0.2) is 4.98 Å². The van der Waals surface area contributed by atoms with Crippen molar-refractivity contribution in [3.8, 4) is 0 Å². The fraction of sp³-hybridized carbons (Fsp3) is 0.714. The van der Waals surface area contributed by atoms with Gasteiger partial charge in [-0.05, 0) is 26.2 Å². The molecule has 0 saturated heterocycles. The fourth-order valence-corrected chi connectivity index (χ4v) is 2.53. The van der Waals surface area contributed by atoms with Crippen molar-refractivity contribution < 1.29 is 0 Å². The first-order chi connectivity index (χ1) is 8.72. The van der Waals surface area contributed by atoms with Crippen molar-refractivity contribution in [2.75, 3.05) is 17.2 Å². The Morgan fingerprint density at radius 3 is 2.61 bits per heavy atom. The van der Waals surface area contributed by atoms with E-state index in [0.717, 1.165) is 24.6 Å². The monoisotopic (exact) mass is 248 g/mol. The van der Waals surface area contributed by atoms with Crippen LogP contribution in [0.1, 0.15) is 52.4 Å². The molecular weight excluding hydrogens is 224 g/mol. The van der Waals surface area contributed by atoms with Gasteiger partial charge in [0.2, 0.25) is 0 Å². The van der Waals surface area contributed by atoms with E-state index in [1.54, 1.807) is 6.20 Å². The Bertz CT molecular complexity index is 372. The molecule has 1 aromatic rings. The van der Waals surface area contributed by atoms with Crippen molar-refractivity contribution >= 4 is 11.6 Å². The van der Waals surface area contributed by atoms with Gasteiger partial charge < -0.3 is 10.6 Å². The molecule has 100 valence electrons. The lowest BCUT2D eigenvalue weighted by Gasteiger charge is -2.35. The summed E-state index contributed by atoms with van der Waals surface area (Å²) in [5, 5.41) is 6.83. The van der Waals surface area contributed by atoms with Gasteiger partial charge in [-0.15, -0.1) is 0 Å². The van der Waals surface area contributed by atoms with Crippen LogP contribution < -0.4 is 10.6 Å². The molecule has 1 aromatic heterocycles. The zero-order chi connectivity index (χ0) is 12.8. The molecule has 18 heavy (non-hydrogen) atoms. The highest BCUT2D eigenvalue weighted by Gasteiger charge is 2.26. The molecule has 1 aliphatic carbocycles. The molecule has 2 rings (SSSR count). The molecule has 1 saturated carbocycles. The number of hydrogen-bond donors (Lipinski definition) is 2. The van der Waals surface area contributed by atoms with Crippen LogP contribution in [-0.4, -0.2) is 22.1 Å². The molecule has 0 aromatic carbocycles. The van der Waals surface area contributed by atoms with Gasteiger partial charge in [-0.3, -0.25) is 4.98 Å². The van der Waals surface area contributed by atoms with E-state index < -0.39 is 0 Å². The van der Waals surface area contributed by atoms with Crippen LogP contribution in [0.5, 0.6) is 0 Å². The van der Waals surface area contributed by atoms with Crippen molar-refractivity contribution in [2.24, 2.45) is 0 Å². The van der Waals surface area contributed by atoms with E-state index in [4.69, 9.17) is 0 Å². The van der Waals surface area contributed by atoms with Crippen LogP contribution in [-0.2, 0) is 0 Å². The average Bonchev–Trinajstić information content (AvgIpc) is 2.37. The summed E-state index contributed by atoms with van der Waals surface area (Å²) in [6.07, 6.45) is 11.1. The molecule has 2 N–H and O–H groups in total. The summed E-state index contributed by atoms with van der Waals surface area (Å²) in [6, 6.07) is 0. The Morgan fingerprint density at radius 2 is 1.89 bits per heavy atom. The number of aromatic nitrogens is 2. The molecule has 0 atom stereocenters. The second-order valence-corrected chi connectivity index (χ2v) is 5.46. The summed E-state index contributed by atoms with van der Waals surface area (Å²) < 4.78 is 0. The predicted molar refractivity (Wildman–Crippen MR) is 75.9 cm³/mol. The third kappa shape index (κ3) is 3.59. The summed E-state index contributed by atoms with van der Waals surface area (Å²) >= 11 is 0. The summed E-state index contributed by atoms with van der Waals surface area (Å²) in [4.78, 5) is 8.81. The number of nitrogens with zero attached hydrogens (tertiary/aromatic N) is 2. The third-order valence-corrected chi connectivity index (χ3v) is 3.58. The van der Waals surface area contributed by atoms with Crippen molar-refractivity contribution in [1.82, 2.24) is 9.97 Å². The summed E-state index contributed by atoms with van der Waals surface area (Å²) in [6.45, 7) is 5.38. The van der Waals surface area contributed by atoms with Gasteiger partial charge >= 0.3 is 0 Å². The SMILES string of the molecule is CCCNc1cncc(NC2(C)CCCCC2)n1. The Balaban J connectivity index is 1.99. The van der Waals surface area contributed by atoms with E-state index in [0.29, 0.717) is 0 Å². The van der Waals surface area contributed by atoms with Gasteiger partial charge in [0.05, 0.1) is 12.4 Å². The van der Waals surface area contributed by atoms with Crippen LogP contribution in [0.15, 0.2) is 12.4 Å². The molecular formula is C14H24N4. The van der Waals surface area contributed by atoms with Crippen molar-refractivity contribution in [3.63, 3.8) is 0 Å². The maximum Gasteiger partial charge on any atom is 0.147 e. The van der Waals surface area contributed by atoms with Crippen LogP contribution in [0.2, 0.25) is 0 Å². The lowest BCUT2D eigenvalue weighted by Crippen LogP contribution is -2.37. The quantitative estimate of drug-likeness (QED) is 0.838. The number of nitrogens with one attached hydrogen (secondary N) is 2. The van der Waals surface area contributed by atoms with Gasteiger partial charge in [-0.1, -0.05) is 26.2 Å². The highest BCUT2D eigenvalue weighted by atomic mass is 15.1. The second-order valence-electron chi connectivity index (χ2n) is 5.46. The molecule has 0 amide bonds. The van der Waals surface area contributed by atoms with Crippen LogP contribution in [0, 0.1) is 0 Å². The molecule has 1 heterocycles. The zero-order valence-electron chi connectivity index (χ0n) is 11.5. The standard InChI is InChI=1S/C14H24N4/c1-3-9-16-12-10-15-11-13(17-12)18-14(2)7-5-4-6-8-14/h10-11H,3-9H2,1-2H3,(H2,16,17,18). The molecule has 0 radical (unpaired) electrons. The highest BCUT2D eigenvalue weighted by molar-refractivity contribution is 5.43. The minimum Gasteiger partial charge on any atom is -0.369 e. The van der Waals surface area contributed by atoms with E-state index in [2.05, 4.69) is 34.4 Å². The molecule has 4 heteroatoms. The highest BCUT2D eigenvalue weighted by Crippen LogP contribution is 2.30. The van der Waals surface area contributed by atoms with Gasteiger partial charge in [-0.2, -0.15) is 0 Å². The first kappa shape index (κ1) is 13.1. The third-order valence-electron chi connectivity index (χ3n) is 3.58. The van der Waals surface area contributed by atoms with E-state index in [9.17, 15) is 0 Å². The van der Waals surface area contributed by atoms with E-state index in [1.165, 1.54) is 32.1 Å². The molecule has 0 spiro atoms. The first-order valence-electron chi connectivity index (χ1n) is 7.06. The number of hydrogen-bond acceptors (Lipinski definition) is 4. The molecule has 0 bridgehead atoms. The summed E-state index contributed by atoms with van der Waals surface area (Å²) in [7, 11) is 0. The van der Waals surface area contributed by atoms with Crippen molar-refractivity contribution in [2.45, 2.75) is 57.9 Å². The Kier molecular flexibility index (Phi) is 4.39. The van der Waals surface area contributed by atoms with Gasteiger partial charge in [0.25, 0.3) is 0 Å². The predicted octanol–water partition coefficient (Wildman–Crippen LogP) is 3.43. The van der Waals surface area contributed by atoms with E-state index in [1.807, 2.05) is 6.20 Å². The average molecular weight is 248 g/mol. The van der Waals surface area contributed by atoms with E-state index in [-0.39, 0.29) is 5.54 Å². The van der Waals surface area contributed by atoms with E-state index >= 15 is 0 Å². The van der Waals surface area contributed by atoms with Crippen LogP contribution in [0.3, 0.4) is 0 Å². The smallest absolute Gasteiger partial charge is 0.147 e. The Hall–Kier alpha value is -1.32. The lowest BCUT2D eigenvalue weighted by atomic mass is 9.83. The van der Waals surface area contributed by atoms with Crippen molar-refractivity contribution in [1.29, 1.82) is 0 Å². The fourth-order valence-electron chi connectivity index (χ4n) is 2.53. The van der Waals surface area contributed by atoms with Crippen LogP contribution >= 0.6 is 0 Å². The second kappa shape index (κ2) is 6.03. The minimum absolute atomic E-state index is 0.191. The largest absolute Gasteiger partial charge is 0.369 e. The van der Waals surface area contributed by atoms with Crippen molar-refractivity contribution in [3.05, 3.63) is 12.4 Å². The summed E-state index contributed by atoms with van der Waals surface area (Å²) in [5.41, 5.74) is 0.191. The van der Waals surface area contributed by atoms with Gasteiger partial charge in [0.15, 0.2) is 0 Å². The molecule has 0 aliphatic heterocycles. The molecule has 1 aliphatic rings. The molecule has 0 unspecified atom stereocenters. The van der Waals surface area contributed by atoms with Crippen LogP contribution in [0.4, 0.5) is 11.6 Å². The van der Waals surface area contributed by atoms with Gasteiger partial charge in [0, 0.05) is 12.1 Å². The number of anilines is 2. The number of rotatable bonds is 5. The minimum atomic E-state index is 0.191. The lowest BCUT2D eigenvalue weighted by molar-refractivity contribution is 0.348. The maximum atomic E-state index is 4.56. The summed E-state index contributed by atoms with van der Waals surface area (Å²) in [5.74, 6) is 1.75. The van der Waals surface area contributed by atoms with Gasteiger partial charge in [0.1, 0.15) is 11.6 Å². The normalized spacial score (nSPS) is 18.3. The topological polar surface area (TPSA) is 49.8 Å². The Morgan fingerprint density at radius 1 is 1.17 bits per heavy atom. The molecule has 1 fully saturated rings. The first-order valence-corrected chi connectivity index (χ1v) is 7.06. The Labute approximate surface area is 110 Å². The molecule has 4 nitrogen and oxygen atoms in total. The zero-order valence-corrected chi connectivity index (χ0v) is 11.5.